The molecule has 5 rings (SSSR count). The highest BCUT2D eigenvalue weighted by molar-refractivity contribution is 6.08. The third-order valence-electron chi connectivity index (χ3n) is 4.85. The monoisotopic (exact) mass is 369 g/mol. The average molecular weight is 369 g/mol. The minimum atomic E-state index is -0.411. The quantitative estimate of drug-likeness (QED) is 0.366. The van der Waals surface area contributed by atoms with Crippen molar-refractivity contribution in [1.29, 1.82) is 0 Å². The summed E-state index contributed by atoms with van der Waals surface area (Å²) in [6.45, 7) is 0. The second-order valence-corrected chi connectivity index (χ2v) is 6.52. The maximum absolute atomic E-state index is 15.8. The Kier molecular flexibility index (Phi) is 3.83. The summed E-state index contributed by atoms with van der Waals surface area (Å²) in [6, 6.07) is 24.3. The zero-order chi connectivity index (χ0) is 19.1. The SMILES string of the molecule is COc1cccc(-c2nc3c(oc4ccccc43)c(-c3ccccc3)c2F)c1. The molecule has 3 aromatic carbocycles. The van der Waals surface area contributed by atoms with E-state index in [0.29, 0.717) is 33.6 Å². The molecule has 0 radical (unpaired) electrons. The number of para-hydroxylation sites is 1. The van der Waals surface area contributed by atoms with E-state index in [0.717, 1.165) is 10.9 Å². The van der Waals surface area contributed by atoms with Crippen LogP contribution in [0.25, 0.3) is 44.5 Å². The van der Waals surface area contributed by atoms with Gasteiger partial charge in [0.05, 0.1) is 12.7 Å². The van der Waals surface area contributed by atoms with Crippen LogP contribution in [-0.4, -0.2) is 12.1 Å². The number of furan rings is 1. The highest BCUT2D eigenvalue weighted by Gasteiger charge is 2.22. The van der Waals surface area contributed by atoms with Crippen LogP contribution in [0, 0.1) is 5.82 Å². The molecule has 0 saturated carbocycles. The van der Waals surface area contributed by atoms with Crippen molar-refractivity contribution in [3.63, 3.8) is 0 Å². The van der Waals surface area contributed by atoms with Crippen molar-refractivity contribution in [2.24, 2.45) is 0 Å². The van der Waals surface area contributed by atoms with E-state index in [9.17, 15) is 0 Å². The number of fused-ring (bicyclic) bond motifs is 3. The first kappa shape index (κ1) is 16.5. The van der Waals surface area contributed by atoms with Crippen LogP contribution < -0.4 is 4.74 Å². The fourth-order valence-electron chi connectivity index (χ4n) is 3.52. The van der Waals surface area contributed by atoms with E-state index in [1.54, 1.807) is 13.2 Å². The molecule has 0 aliphatic rings. The van der Waals surface area contributed by atoms with E-state index in [2.05, 4.69) is 4.98 Å². The number of ether oxygens (including phenoxy) is 1. The molecule has 0 saturated heterocycles. The maximum Gasteiger partial charge on any atom is 0.164 e. The van der Waals surface area contributed by atoms with Gasteiger partial charge < -0.3 is 9.15 Å². The number of hydrogen-bond donors (Lipinski definition) is 0. The Morgan fingerprint density at radius 3 is 2.43 bits per heavy atom. The van der Waals surface area contributed by atoms with Gasteiger partial charge in [-0.2, -0.15) is 0 Å². The molecule has 136 valence electrons. The Balaban J connectivity index is 1.91. The summed E-state index contributed by atoms with van der Waals surface area (Å²) in [6.07, 6.45) is 0. The summed E-state index contributed by atoms with van der Waals surface area (Å²) in [4.78, 5) is 4.67. The van der Waals surface area contributed by atoms with E-state index in [1.165, 1.54) is 0 Å². The molecule has 0 amide bonds. The highest BCUT2D eigenvalue weighted by Crippen LogP contribution is 2.40. The van der Waals surface area contributed by atoms with Gasteiger partial charge in [0.25, 0.3) is 0 Å². The van der Waals surface area contributed by atoms with Crippen molar-refractivity contribution in [1.82, 2.24) is 4.98 Å². The second kappa shape index (κ2) is 6.50. The van der Waals surface area contributed by atoms with Crippen LogP contribution in [0.2, 0.25) is 0 Å². The molecule has 0 fully saturated rings. The lowest BCUT2D eigenvalue weighted by Gasteiger charge is -2.10. The molecular formula is C24H16FNO2. The smallest absolute Gasteiger partial charge is 0.164 e. The number of benzene rings is 3. The van der Waals surface area contributed by atoms with E-state index in [-0.39, 0.29) is 5.69 Å². The van der Waals surface area contributed by atoms with E-state index in [4.69, 9.17) is 9.15 Å². The molecule has 0 spiro atoms. The molecule has 28 heavy (non-hydrogen) atoms. The normalized spacial score (nSPS) is 11.2. The predicted molar refractivity (Wildman–Crippen MR) is 109 cm³/mol. The third kappa shape index (κ3) is 2.54. The predicted octanol–water partition coefficient (Wildman–Crippen LogP) is 6.46. The topological polar surface area (TPSA) is 35.3 Å². The van der Waals surface area contributed by atoms with Crippen molar-refractivity contribution >= 4 is 22.1 Å². The molecule has 0 aliphatic carbocycles. The molecule has 0 atom stereocenters. The number of nitrogens with zero attached hydrogens (tertiary/aromatic N) is 1. The molecule has 2 heterocycles. The summed E-state index contributed by atoms with van der Waals surface area (Å²) in [5, 5.41) is 0.860. The summed E-state index contributed by atoms with van der Waals surface area (Å²) in [7, 11) is 1.59. The number of rotatable bonds is 3. The molecule has 0 unspecified atom stereocenters. The molecule has 3 nitrogen and oxygen atoms in total. The Labute approximate surface area is 161 Å². The largest absolute Gasteiger partial charge is 0.497 e. The Morgan fingerprint density at radius 2 is 1.61 bits per heavy atom. The van der Waals surface area contributed by atoms with Gasteiger partial charge in [-0.3, -0.25) is 0 Å². The van der Waals surface area contributed by atoms with Crippen LogP contribution in [-0.2, 0) is 0 Å². The minimum Gasteiger partial charge on any atom is -0.497 e. The Hall–Kier alpha value is -3.66. The van der Waals surface area contributed by atoms with Crippen molar-refractivity contribution in [3.05, 3.63) is 84.7 Å². The third-order valence-corrected chi connectivity index (χ3v) is 4.85. The molecule has 0 aliphatic heterocycles. The molecule has 4 heteroatoms. The van der Waals surface area contributed by atoms with Gasteiger partial charge in [-0.1, -0.05) is 54.6 Å². The molecule has 2 aromatic heterocycles. The minimum absolute atomic E-state index is 0.275. The first-order chi connectivity index (χ1) is 13.8. The fourth-order valence-corrected chi connectivity index (χ4v) is 3.52. The van der Waals surface area contributed by atoms with Gasteiger partial charge in [0.2, 0.25) is 0 Å². The van der Waals surface area contributed by atoms with Gasteiger partial charge in [0.1, 0.15) is 22.5 Å². The van der Waals surface area contributed by atoms with Gasteiger partial charge in [0.15, 0.2) is 11.4 Å². The highest BCUT2D eigenvalue weighted by atomic mass is 19.1. The summed E-state index contributed by atoms with van der Waals surface area (Å²) < 4.78 is 27.1. The zero-order valence-corrected chi connectivity index (χ0v) is 15.1. The molecular weight excluding hydrogens is 353 g/mol. The first-order valence-electron chi connectivity index (χ1n) is 8.97. The summed E-state index contributed by atoms with van der Waals surface area (Å²) >= 11 is 0. The lowest BCUT2D eigenvalue weighted by atomic mass is 10.0. The van der Waals surface area contributed by atoms with Gasteiger partial charge in [-0.15, -0.1) is 0 Å². The maximum atomic E-state index is 15.8. The van der Waals surface area contributed by atoms with Gasteiger partial charge in [-0.05, 0) is 29.8 Å². The molecule has 0 bridgehead atoms. The van der Waals surface area contributed by atoms with Crippen LogP contribution in [0.15, 0.2) is 83.3 Å². The van der Waals surface area contributed by atoms with Crippen molar-refractivity contribution in [2.75, 3.05) is 7.11 Å². The zero-order valence-electron chi connectivity index (χ0n) is 15.1. The van der Waals surface area contributed by atoms with Crippen LogP contribution in [0.4, 0.5) is 4.39 Å². The fraction of sp³-hybridized carbons (Fsp3) is 0.0417. The molecule has 5 aromatic rings. The Morgan fingerprint density at radius 1 is 0.857 bits per heavy atom. The average Bonchev–Trinajstić information content (AvgIpc) is 3.12. The van der Waals surface area contributed by atoms with Crippen molar-refractivity contribution < 1.29 is 13.5 Å². The van der Waals surface area contributed by atoms with Crippen LogP contribution >= 0.6 is 0 Å². The van der Waals surface area contributed by atoms with Crippen LogP contribution in [0.3, 0.4) is 0 Å². The van der Waals surface area contributed by atoms with Gasteiger partial charge in [0, 0.05) is 10.9 Å². The number of hydrogen-bond acceptors (Lipinski definition) is 3. The lowest BCUT2D eigenvalue weighted by Crippen LogP contribution is -1.95. The molecule has 0 N–H and O–H groups in total. The summed E-state index contributed by atoms with van der Waals surface area (Å²) in [5.41, 5.74) is 3.88. The van der Waals surface area contributed by atoms with Crippen molar-refractivity contribution in [3.8, 4) is 28.1 Å². The van der Waals surface area contributed by atoms with E-state index < -0.39 is 5.82 Å². The van der Waals surface area contributed by atoms with Crippen LogP contribution in [0.5, 0.6) is 5.75 Å². The van der Waals surface area contributed by atoms with E-state index in [1.807, 2.05) is 72.8 Å². The van der Waals surface area contributed by atoms with Crippen molar-refractivity contribution in [2.45, 2.75) is 0 Å². The summed E-state index contributed by atoms with van der Waals surface area (Å²) in [5.74, 6) is 0.239. The number of halogens is 1. The first-order valence-corrected chi connectivity index (χ1v) is 8.97. The number of pyridine rings is 1. The second-order valence-electron chi connectivity index (χ2n) is 6.52. The standard InChI is InChI=1S/C24H16FNO2/c1-27-17-11-7-10-16(14-17)22-21(25)20(15-8-3-2-4-9-15)24-23(26-22)18-12-5-6-13-19(18)28-24/h2-14H,1H3. The van der Waals surface area contributed by atoms with Gasteiger partial charge in [-0.25, -0.2) is 9.37 Å². The Bertz CT molecular complexity index is 1310. The lowest BCUT2D eigenvalue weighted by molar-refractivity contribution is 0.415. The van der Waals surface area contributed by atoms with Gasteiger partial charge >= 0.3 is 0 Å². The van der Waals surface area contributed by atoms with E-state index >= 15 is 4.39 Å². The van der Waals surface area contributed by atoms with Crippen LogP contribution in [0.1, 0.15) is 0 Å². The number of aromatic nitrogens is 1. The number of methoxy groups -OCH3 is 1.